The number of hydrogen-bond donors (Lipinski definition) is 1. The van der Waals surface area contributed by atoms with Crippen molar-refractivity contribution in [3.8, 4) is 0 Å². The Morgan fingerprint density at radius 1 is 1.19 bits per heavy atom. The predicted octanol–water partition coefficient (Wildman–Crippen LogP) is 3.30. The Bertz CT molecular complexity index is 781. The lowest BCUT2D eigenvalue weighted by Gasteiger charge is -2.32. The number of carbonyl (C=O) groups is 1. The van der Waals surface area contributed by atoms with Gasteiger partial charge in [-0.1, -0.05) is 29.8 Å². The minimum atomic E-state index is -0.467. The lowest BCUT2D eigenvalue weighted by Crippen LogP contribution is -2.44. The molecule has 1 amide bonds. The SMILES string of the molecule is Cc1cccc(CN2CCC(NC(=O)c3ccc([N+](=O)[O-])cc3)CC2)c1. The molecule has 136 valence electrons. The summed E-state index contributed by atoms with van der Waals surface area (Å²) in [6, 6.07) is 14.4. The van der Waals surface area contributed by atoms with E-state index in [1.165, 1.54) is 35.4 Å². The molecule has 1 fully saturated rings. The molecule has 2 aromatic carbocycles. The number of likely N-dealkylation sites (tertiary alicyclic amines) is 1. The van der Waals surface area contributed by atoms with Gasteiger partial charge < -0.3 is 5.32 Å². The zero-order chi connectivity index (χ0) is 18.5. The van der Waals surface area contributed by atoms with Gasteiger partial charge in [0.1, 0.15) is 0 Å². The Morgan fingerprint density at radius 2 is 1.88 bits per heavy atom. The predicted molar refractivity (Wildman–Crippen MR) is 100 cm³/mol. The molecule has 26 heavy (non-hydrogen) atoms. The number of nitrogens with one attached hydrogen (secondary N) is 1. The van der Waals surface area contributed by atoms with Crippen LogP contribution in [0.3, 0.4) is 0 Å². The van der Waals surface area contributed by atoms with Crippen LogP contribution in [0.5, 0.6) is 0 Å². The Kier molecular flexibility index (Phi) is 5.63. The fourth-order valence-corrected chi connectivity index (χ4v) is 3.31. The molecule has 0 aromatic heterocycles. The van der Waals surface area contributed by atoms with Crippen molar-refractivity contribution in [2.75, 3.05) is 13.1 Å². The van der Waals surface area contributed by atoms with Crippen LogP contribution >= 0.6 is 0 Å². The first-order valence-corrected chi connectivity index (χ1v) is 8.84. The summed E-state index contributed by atoms with van der Waals surface area (Å²) < 4.78 is 0. The minimum absolute atomic E-state index is 0.00833. The van der Waals surface area contributed by atoms with Gasteiger partial charge in [-0.2, -0.15) is 0 Å². The van der Waals surface area contributed by atoms with E-state index >= 15 is 0 Å². The molecule has 6 nitrogen and oxygen atoms in total. The normalized spacial score (nSPS) is 15.6. The van der Waals surface area contributed by atoms with E-state index in [-0.39, 0.29) is 17.6 Å². The average Bonchev–Trinajstić information content (AvgIpc) is 2.63. The molecular weight excluding hydrogens is 330 g/mol. The molecule has 1 heterocycles. The fraction of sp³-hybridized carbons (Fsp3) is 0.350. The summed E-state index contributed by atoms with van der Waals surface area (Å²) in [5.41, 5.74) is 3.04. The fourth-order valence-electron chi connectivity index (χ4n) is 3.31. The quantitative estimate of drug-likeness (QED) is 0.661. The van der Waals surface area contributed by atoms with Crippen molar-refractivity contribution >= 4 is 11.6 Å². The molecule has 0 bridgehead atoms. The topological polar surface area (TPSA) is 75.5 Å². The van der Waals surface area contributed by atoms with Crippen LogP contribution in [0.15, 0.2) is 48.5 Å². The molecule has 0 saturated carbocycles. The Morgan fingerprint density at radius 3 is 2.50 bits per heavy atom. The van der Waals surface area contributed by atoms with Crippen LogP contribution in [0.2, 0.25) is 0 Å². The number of piperidine rings is 1. The number of nitro groups is 1. The molecule has 1 saturated heterocycles. The summed E-state index contributed by atoms with van der Waals surface area (Å²) in [6.07, 6.45) is 1.81. The first-order valence-electron chi connectivity index (χ1n) is 8.84. The third-order valence-corrected chi connectivity index (χ3v) is 4.75. The van der Waals surface area contributed by atoms with Crippen molar-refractivity contribution < 1.29 is 9.72 Å². The van der Waals surface area contributed by atoms with E-state index in [1.54, 1.807) is 0 Å². The third kappa shape index (κ3) is 4.67. The van der Waals surface area contributed by atoms with E-state index in [0.29, 0.717) is 5.56 Å². The molecule has 0 atom stereocenters. The maximum absolute atomic E-state index is 12.3. The van der Waals surface area contributed by atoms with Crippen LogP contribution in [0.1, 0.15) is 34.3 Å². The van der Waals surface area contributed by atoms with Crippen molar-refractivity contribution in [3.05, 3.63) is 75.3 Å². The van der Waals surface area contributed by atoms with Gasteiger partial charge in [0, 0.05) is 43.4 Å². The molecule has 3 rings (SSSR count). The Hall–Kier alpha value is -2.73. The maximum atomic E-state index is 12.3. The summed E-state index contributed by atoms with van der Waals surface area (Å²) in [7, 11) is 0. The van der Waals surface area contributed by atoms with Crippen LogP contribution < -0.4 is 5.32 Å². The second-order valence-corrected chi connectivity index (χ2v) is 6.82. The van der Waals surface area contributed by atoms with Crippen LogP contribution in [-0.4, -0.2) is 34.9 Å². The second-order valence-electron chi connectivity index (χ2n) is 6.82. The number of nitrogens with zero attached hydrogens (tertiary/aromatic N) is 2. The average molecular weight is 353 g/mol. The largest absolute Gasteiger partial charge is 0.349 e. The Labute approximate surface area is 153 Å². The molecule has 1 N–H and O–H groups in total. The highest BCUT2D eigenvalue weighted by Crippen LogP contribution is 2.16. The van der Waals surface area contributed by atoms with E-state index in [1.807, 2.05) is 0 Å². The molecule has 0 radical (unpaired) electrons. The van der Waals surface area contributed by atoms with Crippen molar-refractivity contribution in [2.24, 2.45) is 0 Å². The van der Waals surface area contributed by atoms with Gasteiger partial charge >= 0.3 is 0 Å². The summed E-state index contributed by atoms with van der Waals surface area (Å²) in [5, 5.41) is 13.7. The highest BCUT2D eigenvalue weighted by molar-refractivity contribution is 5.94. The molecule has 6 heteroatoms. The molecule has 0 aliphatic carbocycles. The van der Waals surface area contributed by atoms with Gasteiger partial charge in [-0.25, -0.2) is 0 Å². The number of benzene rings is 2. The smallest absolute Gasteiger partial charge is 0.269 e. The number of non-ortho nitro benzene ring substituents is 1. The maximum Gasteiger partial charge on any atom is 0.269 e. The summed E-state index contributed by atoms with van der Waals surface area (Å²) in [5.74, 6) is -0.169. The standard InChI is InChI=1S/C20H23N3O3/c1-15-3-2-4-16(13-15)14-22-11-9-18(10-12-22)21-20(24)17-5-7-19(8-6-17)23(25)26/h2-8,13,18H,9-12,14H2,1H3,(H,21,24). The molecule has 1 aliphatic heterocycles. The molecule has 0 spiro atoms. The van der Waals surface area contributed by atoms with E-state index in [2.05, 4.69) is 41.4 Å². The number of hydrogen-bond acceptors (Lipinski definition) is 4. The summed E-state index contributed by atoms with van der Waals surface area (Å²) >= 11 is 0. The zero-order valence-corrected chi connectivity index (χ0v) is 14.9. The highest BCUT2D eigenvalue weighted by Gasteiger charge is 2.21. The number of amides is 1. The van der Waals surface area contributed by atoms with E-state index in [9.17, 15) is 14.9 Å². The van der Waals surface area contributed by atoms with Crippen LogP contribution in [0, 0.1) is 17.0 Å². The lowest BCUT2D eigenvalue weighted by atomic mass is 10.0. The van der Waals surface area contributed by atoms with E-state index in [0.717, 1.165) is 32.5 Å². The number of nitro benzene ring substituents is 1. The van der Waals surface area contributed by atoms with Gasteiger partial charge in [0.05, 0.1) is 4.92 Å². The monoisotopic (exact) mass is 353 g/mol. The summed E-state index contributed by atoms with van der Waals surface area (Å²) in [6.45, 7) is 4.92. The Balaban J connectivity index is 1.49. The first kappa shape index (κ1) is 18.1. The number of aryl methyl sites for hydroxylation is 1. The minimum Gasteiger partial charge on any atom is -0.349 e. The number of carbonyl (C=O) groups excluding carboxylic acids is 1. The third-order valence-electron chi connectivity index (χ3n) is 4.75. The second kappa shape index (κ2) is 8.10. The number of rotatable bonds is 5. The van der Waals surface area contributed by atoms with Crippen molar-refractivity contribution in [3.63, 3.8) is 0 Å². The first-order chi connectivity index (χ1) is 12.5. The van der Waals surface area contributed by atoms with Crippen molar-refractivity contribution in [1.29, 1.82) is 0 Å². The molecule has 1 aliphatic rings. The van der Waals surface area contributed by atoms with Crippen LogP contribution in [0.25, 0.3) is 0 Å². The molecule has 2 aromatic rings. The van der Waals surface area contributed by atoms with E-state index in [4.69, 9.17) is 0 Å². The van der Waals surface area contributed by atoms with E-state index < -0.39 is 4.92 Å². The van der Waals surface area contributed by atoms with Crippen molar-refractivity contribution in [1.82, 2.24) is 10.2 Å². The molecule has 0 unspecified atom stereocenters. The molecular formula is C20H23N3O3. The zero-order valence-electron chi connectivity index (χ0n) is 14.9. The van der Waals surface area contributed by atoms with Gasteiger partial charge in [-0.15, -0.1) is 0 Å². The van der Waals surface area contributed by atoms with Crippen LogP contribution in [-0.2, 0) is 6.54 Å². The van der Waals surface area contributed by atoms with Gasteiger partial charge in [-0.05, 0) is 37.5 Å². The highest BCUT2D eigenvalue weighted by atomic mass is 16.6. The van der Waals surface area contributed by atoms with Gasteiger partial charge in [0.2, 0.25) is 0 Å². The van der Waals surface area contributed by atoms with Gasteiger partial charge in [0.25, 0.3) is 11.6 Å². The van der Waals surface area contributed by atoms with Gasteiger partial charge in [-0.3, -0.25) is 19.8 Å². The summed E-state index contributed by atoms with van der Waals surface area (Å²) in [4.78, 5) is 24.9. The van der Waals surface area contributed by atoms with Gasteiger partial charge in [0.15, 0.2) is 0 Å². The van der Waals surface area contributed by atoms with Crippen molar-refractivity contribution in [2.45, 2.75) is 32.4 Å². The van der Waals surface area contributed by atoms with Crippen LogP contribution in [0.4, 0.5) is 5.69 Å². The lowest BCUT2D eigenvalue weighted by molar-refractivity contribution is -0.384.